The van der Waals surface area contributed by atoms with Gasteiger partial charge in [-0.1, -0.05) is 18.2 Å². The predicted octanol–water partition coefficient (Wildman–Crippen LogP) is 2.09. The van der Waals surface area contributed by atoms with Gasteiger partial charge in [0.1, 0.15) is 0 Å². The maximum atomic E-state index is 12.3. The molecule has 0 radical (unpaired) electrons. The van der Waals surface area contributed by atoms with Gasteiger partial charge in [0.15, 0.2) is 0 Å². The van der Waals surface area contributed by atoms with Crippen LogP contribution in [0.2, 0.25) is 0 Å². The molecule has 0 saturated carbocycles. The first kappa shape index (κ1) is 11.4. The second kappa shape index (κ2) is 4.82. The molecule has 1 aromatic carbocycles. The second-order valence-corrected chi connectivity index (χ2v) is 3.79. The Morgan fingerprint density at radius 1 is 1.35 bits per heavy atom. The van der Waals surface area contributed by atoms with Crippen LogP contribution in [-0.2, 0) is 7.05 Å². The van der Waals surface area contributed by atoms with Crippen LogP contribution in [0.5, 0.6) is 0 Å². The molecule has 0 unspecified atom stereocenters. The molecule has 1 amide bonds. The van der Waals surface area contributed by atoms with E-state index < -0.39 is 0 Å². The van der Waals surface area contributed by atoms with Crippen molar-refractivity contribution < 1.29 is 4.79 Å². The molecule has 4 heteroatoms. The van der Waals surface area contributed by atoms with Crippen LogP contribution in [0, 0.1) is 0 Å². The number of benzene rings is 1. The summed E-state index contributed by atoms with van der Waals surface area (Å²) in [6.07, 6.45) is 3.32. The summed E-state index contributed by atoms with van der Waals surface area (Å²) < 4.78 is 1.63. The Morgan fingerprint density at radius 2 is 2.06 bits per heavy atom. The van der Waals surface area contributed by atoms with Crippen molar-refractivity contribution >= 4 is 11.6 Å². The van der Waals surface area contributed by atoms with Crippen LogP contribution in [-0.4, -0.2) is 22.2 Å². The number of anilines is 1. The minimum Gasteiger partial charge on any atom is -0.309 e. The van der Waals surface area contributed by atoms with E-state index in [1.54, 1.807) is 29.0 Å². The first-order valence-corrected chi connectivity index (χ1v) is 5.58. The fourth-order valence-electron chi connectivity index (χ4n) is 1.74. The molecule has 0 aliphatic rings. The topological polar surface area (TPSA) is 38.1 Å². The minimum absolute atomic E-state index is 0.0215. The third-order valence-corrected chi connectivity index (χ3v) is 2.58. The number of aryl methyl sites for hydroxylation is 1. The Hall–Kier alpha value is -2.10. The maximum Gasteiger partial charge on any atom is 0.261 e. The van der Waals surface area contributed by atoms with Crippen LogP contribution in [0.4, 0.5) is 5.69 Å². The number of amides is 1. The summed E-state index contributed by atoms with van der Waals surface area (Å²) in [6, 6.07) is 9.64. The molecule has 0 bridgehead atoms. The van der Waals surface area contributed by atoms with Crippen LogP contribution < -0.4 is 4.90 Å². The van der Waals surface area contributed by atoms with Gasteiger partial charge in [0.25, 0.3) is 5.91 Å². The Labute approximate surface area is 100 Å². The fourth-order valence-corrected chi connectivity index (χ4v) is 1.74. The quantitative estimate of drug-likeness (QED) is 0.808. The van der Waals surface area contributed by atoms with Gasteiger partial charge in [0, 0.05) is 25.5 Å². The first-order valence-electron chi connectivity index (χ1n) is 5.58. The predicted molar refractivity (Wildman–Crippen MR) is 67.0 cm³/mol. The van der Waals surface area contributed by atoms with Crippen molar-refractivity contribution in [3.05, 3.63) is 48.3 Å². The number of hydrogen-bond donors (Lipinski definition) is 0. The summed E-state index contributed by atoms with van der Waals surface area (Å²) in [5.74, 6) is -0.0215. The van der Waals surface area contributed by atoms with Gasteiger partial charge in [-0.3, -0.25) is 9.48 Å². The summed E-state index contributed by atoms with van der Waals surface area (Å²) in [7, 11) is 1.80. The van der Waals surface area contributed by atoms with E-state index >= 15 is 0 Å². The lowest BCUT2D eigenvalue weighted by Gasteiger charge is -2.20. The van der Waals surface area contributed by atoms with Crippen molar-refractivity contribution in [3.63, 3.8) is 0 Å². The second-order valence-electron chi connectivity index (χ2n) is 3.79. The van der Waals surface area contributed by atoms with E-state index in [-0.39, 0.29) is 5.91 Å². The van der Waals surface area contributed by atoms with Crippen LogP contribution in [0.15, 0.2) is 42.7 Å². The van der Waals surface area contributed by atoms with Crippen LogP contribution in [0.25, 0.3) is 0 Å². The number of para-hydroxylation sites is 1. The molecule has 0 spiro atoms. The molecule has 4 nitrogen and oxygen atoms in total. The lowest BCUT2D eigenvalue weighted by atomic mass is 10.2. The van der Waals surface area contributed by atoms with E-state index in [1.165, 1.54) is 0 Å². The van der Waals surface area contributed by atoms with Crippen molar-refractivity contribution in [1.82, 2.24) is 9.78 Å². The van der Waals surface area contributed by atoms with Crippen LogP contribution in [0.3, 0.4) is 0 Å². The number of hydrogen-bond acceptors (Lipinski definition) is 2. The lowest BCUT2D eigenvalue weighted by Crippen LogP contribution is -2.30. The van der Waals surface area contributed by atoms with Crippen molar-refractivity contribution in [1.29, 1.82) is 0 Å². The van der Waals surface area contributed by atoms with Crippen molar-refractivity contribution in [2.45, 2.75) is 6.92 Å². The number of aromatic nitrogens is 2. The summed E-state index contributed by atoms with van der Waals surface area (Å²) in [5, 5.41) is 4.02. The minimum atomic E-state index is -0.0215. The number of rotatable bonds is 3. The third-order valence-electron chi connectivity index (χ3n) is 2.58. The van der Waals surface area contributed by atoms with Crippen LogP contribution >= 0.6 is 0 Å². The average molecular weight is 229 g/mol. The van der Waals surface area contributed by atoms with E-state index in [0.717, 1.165) is 5.69 Å². The molecule has 2 rings (SSSR count). The molecular weight excluding hydrogens is 214 g/mol. The Kier molecular flexibility index (Phi) is 3.23. The van der Waals surface area contributed by atoms with E-state index in [0.29, 0.717) is 12.1 Å². The Bertz CT molecular complexity index is 504. The maximum absolute atomic E-state index is 12.3. The molecule has 0 N–H and O–H groups in total. The smallest absolute Gasteiger partial charge is 0.261 e. The van der Waals surface area contributed by atoms with E-state index in [4.69, 9.17) is 0 Å². The Morgan fingerprint density at radius 3 is 2.59 bits per heavy atom. The summed E-state index contributed by atoms with van der Waals surface area (Å²) in [4.78, 5) is 14.0. The van der Waals surface area contributed by atoms with Gasteiger partial charge in [0.05, 0.1) is 11.8 Å². The van der Waals surface area contributed by atoms with E-state index in [2.05, 4.69) is 5.10 Å². The number of carbonyl (C=O) groups is 1. The first-order chi connectivity index (χ1) is 8.22. The van der Waals surface area contributed by atoms with E-state index in [1.807, 2.05) is 37.3 Å². The molecule has 0 aliphatic heterocycles. The number of nitrogens with zero attached hydrogens (tertiary/aromatic N) is 3. The van der Waals surface area contributed by atoms with Gasteiger partial charge in [-0.2, -0.15) is 5.10 Å². The van der Waals surface area contributed by atoms with Gasteiger partial charge in [-0.15, -0.1) is 0 Å². The zero-order valence-corrected chi connectivity index (χ0v) is 10.00. The molecule has 17 heavy (non-hydrogen) atoms. The molecule has 1 aromatic heterocycles. The fraction of sp³-hybridized carbons (Fsp3) is 0.231. The molecule has 0 aliphatic carbocycles. The molecular formula is C13H15N3O. The van der Waals surface area contributed by atoms with Crippen molar-refractivity contribution in [2.24, 2.45) is 7.05 Å². The average Bonchev–Trinajstić information content (AvgIpc) is 2.78. The van der Waals surface area contributed by atoms with Gasteiger partial charge < -0.3 is 4.90 Å². The van der Waals surface area contributed by atoms with Gasteiger partial charge in [-0.25, -0.2) is 0 Å². The molecule has 88 valence electrons. The zero-order valence-electron chi connectivity index (χ0n) is 10.00. The largest absolute Gasteiger partial charge is 0.309 e. The highest BCUT2D eigenvalue weighted by Crippen LogP contribution is 2.15. The molecule has 1 heterocycles. The summed E-state index contributed by atoms with van der Waals surface area (Å²) in [6.45, 7) is 2.60. The van der Waals surface area contributed by atoms with E-state index in [9.17, 15) is 4.79 Å². The van der Waals surface area contributed by atoms with Crippen LogP contribution in [0.1, 0.15) is 17.3 Å². The highest BCUT2D eigenvalue weighted by Gasteiger charge is 2.16. The van der Waals surface area contributed by atoms with Gasteiger partial charge in [0.2, 0.25) is 0 Å². The molecule has 0 saturated heterocycles. The molecule has 0 fully saturated rings. The SMILES string of the molecule is CCN(C(=O)c1cnn(C)c1)c1ccccc1. The van der Waals surface area contributed by atoms with Gasteiger partial charge in [-0.05, 0) is 19.1 Å². The third kappa shape index (κ3) is 2.36. The number of carbonyl (C=O) groups excluding carboxylic acids is 1. The monoisotopic (exact) mass is 229 g/mol. The lowest BCUT2D eigenvalue weighted by molar-refractivity contribution is 0.0988. The highest BCUT2D eigenvalue weighted by molar-refractivity contribution is 6.05. The Balaban J connectivity index is 2.28. The molecule has 0 atom stereocenters. The molecule has 2 aromatic rings. The zero-order chi connectivity index (χ0) is 12.3. The normalized spacial score (nSPS) is 10.2. The standard InChI is InChI=1S/C13H15N3O/c1-3-16(12-7-5-4-6-8-12)13(17)11-9-14-15(2)10-11/h4-10H,3H2,1-2H3. The summed E-state index contributed by atoms with van der Waals surface area (Å²) >= 11 is 0. The van der Waals surface area contributed by atoms with Crippen molar-refractivity contribution in [3.8, 4) is 0 Å². The summed E-state index contributed by atoms with van der Waals surface area (Å²) in [5.41, 5.74) is 1.52. The highest BCUT2D eigenvalue weighted by atomic mass is 16.2. The van der Waals surface area contributed by atoms with Crippen molar-refractivity contribution in [2.75, 3.05) is 11.4 Å². The van der Waals surface area contributed by atoms with Gasteiger partial charge >= 0.3 is 0 Å².